The topological polar surface area (TPSA) is 66.0 Å². The number of ether oxygens (including phenoxy) is 4. The maximum atomic E-state index is 12.7. The molecule has 1 aliphatic rings. The van der Waals surface area contributed by atoms with Crippen molar-refractivity contribution >= 4 is 22.9 Å². The molecule has 156 valence electrons. The number of para-hydroxylation sites is 1. The summed E-state index contributed by atoms with van der Waals surface area (Å²) in [5, 5.41) is 5.14. The lowest BCUT2D eigenvalue weighted by Gasteiger charge is -2.25. The van der Waals surface area contributed by atoms with E-state index in [-0.39, 0.29) is 11.8 Å². The zero-order valence-electron chi connectivity index (χ0n) is 17.3. The van der Waals surface area contributed by atoms with Gasteiger partial charge in [0, 0.05) is 33.7 Å². The molecule has 0 saturated heterocycles. The van der Waals surface area contributed by atoms with Gasteiger partial charge in [0.2, 0.25) is 11.7 Å². The summed E-state index contributed by atoms with van der Waals surface area (Å²) >= 11 is 1.62. The van der Waals surface area contributed by atoms with Crippen molar-refractivity contribution in [2.24, 2.45) is 0 Å². The van der Waals surface area contributed by atoms with Gasteiger partial charge in [-0.1, -0.05) is 18.2 Å². The van der Waals surface area contributed by atoms with Gasteiger partial charge < -0.3 is 24.3 Å². The molecule has 4 rings (SSSR count). The van der Waals surface area contributed by atoms with Crippen LogP contribution in [0.25, 0.3) is 11.1 Å². The lowest BCUT2D eigenvalue weighted by atomic mass is 9.88. The van der Waals surface area contributed by atoms with Crippen LogP contribution in [0.15, 0.2) is 41.8 Å². The minimum absolute atomic E-state index is 0.0317. The SMILES string of the molecule is COc1ccccc1-c1csc2c1NC(=O)C[C@H]2c1cc(OC)c(OC)c(OC)c1. The number of hydrogen-bond acceptors (Lipinski definition) is 6. The summed E-state index contributed by atoms with van der Waals surface area (Å²) in [6.45, 7) is 0. The van der Waals surface area contributed by atoms with Crippen molar-refractivity contribution in [1.29, 1.82) is 0 Å². The Bertz CT molecular complexity index is 1070. The molecule has 1 amide bonds. The zero-order valence-corrected chi connectivity index (χ0v) is 18.1. The van der Waals surface area contributed by atoms with E-state index in [1.807, 2.05) is 36.4 Å². The van der Waals surface area contributed by atoms with Crippen LogP contribution in [0.5, 0.6) is 23.0 Å². The van der Waals surface area contributed by atoms with Crippen molar-refractivity contribution in [3.63, 3.8) is 0 Å². The molecule has 0 radical (unpaired) electrons. The fourth-order valence-electron chi connectivity index (χ4n) is 3.86. The Morgan fingerprint density at radius 2 is 1.57 bits per heavy atom. The smallest absolute Gasteiger partial charge is 0.225 e. The van der Waals surface area contributed by atoms with Gasteiger partial charge in [-0.3, -0.25) is 4.79 Å². The van der Waals surface area contributed by atoms with Crippen LogP contribution in [0.2, 0.25) is 0 Å². The van der Waals surface area contributed by atoms with Gasteiger partial charge in [0.15, 0.2) is 11.5 Å². The Morgan fingerprint density at radius 1 is 0.900 bits per heavy atom. The fourth-order valence-corrected chi connectivity index (χ4v) is 5.02. The Balaban J connectivity index is 1.85. The van der Waals surface area contributed by atoms with Crippen molar-refractivity contribution in [3.8, 4) is 34.1 Å². The number of rotatable bonds is 6. The van der Waals surface area contributed by atoms with Gasteiger partial charge in [-0.05, 0) is 23.8 Å². The molecular formula is C23H23NO5S. The van der Waals surface area contributed by atoms with Crippen LogP contribution in [0, 0.1) is 0 Å². The number of amides is 1. The molecule has 0 bridgehead atoms. The van der Waals surface area contributed by atoms with Gasteiger partial charge in [-0.25, -0.2) is 0 Å². The molecule has 7 heteroatoms. The Morgan fingerprint density at radius 3 is 2.20 bits per heavy atom. The number of methoxy groups -OCH3 is 4. The summed E-state index contributed by atoms with van der Waals surface area (Å²) in [5.74, 6) is 2.29. The number of fused-ring (bicyclic) bond motifs is 1. The van der Waals surface area contributed by atoms with E-state index in [1.54, 1.807) is 39.8 Å². The van der Waals surface area contributed by atoms with Crippen molar-refractivity contribution in [1.82, 2.24) is 0 Å². The van der Waals surface area contributed by atoms with Crippen LogP contribution < -0.4 is 24.3 Å². The van der Waals surface area contributed by atoms with Gasteiger partial charge in [0.25, 0.3) is 0 Å². The highest BCUT2D eigenvalue weighted by Crippen LogP contribution is 2.50. The first-order valence-corrected chi connectivity index (χ1v) is 10.3. The van der Waals surface area contributed by atoms with Gasteiger partial charge in [-0.2, -0.15) is 0 Å². The second kappa shape index (κ2) is 8.28. The average molecular weight is 426 g/mol. The largest absolute Gasteiger partial charge is 0.496 e. The van der Waals surface area contributed by atoms with Crippen LogP contribution in [-0.4, -0.2) is 34.3 Å². The molecule has 30 heavy (non-hydrogen) atoms. The number of nitrogens with one attached hydrogen (secondary N) is 1. The summed E-state index contributed by atoms with van der Waals surface area (Å²) in [6, 6.07) is 11.6. The van der Waals surface area contributed by atoms with Crippen molar-refractivity contribution in [2.45, 2.75) is 12.3 Å². The lowest BCUT2D eigenvalue weighted by Crippen LogP contribution is -2.22. The highest BCUT2D eigenvalue weighted by atomic mass is 32.1. The maximum absolute atomic E-state index is 12.7. The van der Waals surface area contributed by atoms with Crippen LogP contribution >= 0.6 is 11.3 Å². The highest BCUT2D eigenvalue weighted by molar-refractivity contribution is 7.11. The second-order valence-electron chi connectivity index (χ2n) is 6.85. The number of anilines is 1. The third kappa shape index (κ3) is 3.35. The number of carbonyl (C=O) groups is 1. The first-order chi connectivity index (χ1) is 14.6. The normalized spacial score (nSPS) is 15.2. The van der Waals surface area contributed by atoms with E-state index in [4.69, 9.17) is 18.9 Å². The summed E-state index contributed by atoms with van der Waals surface area (Å²) in [5.41, 5.74) is 3.68. The molecule has 1 aromatic heterocycles. The summed E-state index contributed by atoms with van der Waals surface area (Å²) in [6.07, 6.45) is 0.345. The van der Waals surface area contributed by atoms with E-state index in [0.29, 0.717) is 23.7 Å². The van der Waals surface area contributed by atoms with Crippen LogP contribution in [0.4, 0.5) is 5.69 Å². The molecule has 0 spiro atoms. The van der Waals surface area contributed by atoms with Crippen molar-refractivity contribution in [3.05, 3.63) is 52.2 Å². The third-order valence-electron chi connectivity index (χ3n) is 5.28. The second-order valence-corrected chi connectivity index (χ2v) is 7.76. The summed E-state index contributed by atoms with van der Waals surface area (Å²) in [7, 11) is 6.40. The quantitative estimate of drug-likeness (QED) is 0.607. The van der Waals surface area contributed by atoms with E-state index < -0.39 is 0 Å². The number of benzene rings is 2. The first-order valence-electron chi connectivity index (χ1n) is 9.45. The minimum atomic E-state index is -0.115. The van der Waals surface area contributed by atoms with E-state index in [9.17, 15) is 4.79 Å². The minimum Gasteiger partial charge on any atom is -0.496 e. The molecule has 1 atom stereocenters. The molecule has 3 aromatic rings. The molecule has 0 aliphatic carbocycles. The number of thiophene rings is 1. The molecule has 2 aromatic carbocycles. The number of hydrogen-bond donors (Lipinski definition) is 1. The van der Waals surface area contributed by atoms with Gasteiger partial charge in [-0.15, -0.1) is 11.3 Å². The molecule has 0 fully saturated rings. The molecule has 1 N–H and O–H groups in total. The molecule has 1 aliphatic heterocycles. The van der Waals surface area contributed by atoms with Gasteiger partial charge >= 0.3 is 0 Å². The third-order valence-corrected chi connectivity index (χ3v) is 6.37. The van der Waals surface area contributed by atoms with Crippen molar-refractivity contribution < 1.29 is 23.7 Å². The maximum Gasteiger partial charge on any atom is 0.225 e. The summed E-state index contributed by atoms with van der Waals surface area (Å²) < 4.78 is 22.0. The zero-order chi connectivity index (χ0) is 21.3. The van der Waals surface area contributed by atoms with E-state index in [2.05, 4.69) is 10.7 Å². The predicted molar refractivity (Wildman–Crippen MR) is 117 cm³/mol. The fraction of sp³-hybridized carbons (Fsp3) is 0.261. The average Bonchev–Trinajstić information content (AvgIpc) is 3.20. The Kier molecular flexibility index (Phi) is 5.55. The molecule has 2 heterocycles. The van der Waals surface area contributed by atoms with Crippen LogP contribution in [0.1, 0.15) is 22.8 Å². The molecule has 0 saturated carbocycles. The van der Waals surface area contributed by atoms with E-state index in [1.165, 1.54) is 0 Å². The predicted octanol–water partition coefficient (Wildman–Crippen LogP) is 4.92. The highest BCUT2D eigenvalue weighted by Gasteiger charge is 2.32. The van der Waals surface area contributed by atoms with Gasteiger partial charge in [0.05, 0.1) is 34.1 Å². The lowest BCUT2D eigenvalue weighted by molar-refractivity contribution is -0.116. The van der Waals surface area contributed by atoms with Crippen LogP contribution in [-0.2, 0) is 4.79 Å². The standard InChI is InChI=1S/C23H23NO5S/c1-26-17-8-6-5-7-14(17)16-12-30-23-15(11-20(25)24-21(16)23)13-9-18(27-2)22(29-4)19(10-13)28-3/h5-10,12,15H,11H2,1-4H3,(H,24,25)/t15-/m0/s1. The number of carbonyl (C=O) groups excluding carboxylic acids is 1. The molecular weight excluding hydrogens is 402 g/mol. The first kappa shape index (κ1) is 20.1. The van der Waals surface area contributed by atoms with Crippen molar-refractivity contribution in [2.75, 3.05) is 33.8 Å². The van der Waals surface area contributed by atoms with Gasteiger partial charge in [0.1, 0.15) is 5.75 Å². The Hall–Kier alpha value is -3.19. The van der Waals surface area contributed by atoms with E-state index in [0.717, 1.165) is 33.0 Å². The molecule has 6 nitrogen and oxygen atoms in total. The Labute approximate surface area is 179 Å². The monoisotopic (exact) mass is 425 g/mol. The summed E-state index contributed by atoms with van der Waals surface area (Å²) in [4.78, 5) is 13.7. The van der Waals surface area contributed by atoms with E-state index >= 15 is 0 Å². The molecule has 0 unspecified atom stereocenters. The van der Waals surface area contributed by atoms with Crippen LogP contribution in [0.3, 0.4) is 0 Å².